The number of amides is 1. The number of imidazole rings is 1. The zero-order valence-corrected chi connectivity index (χ0v) is 18.5. The molecule has 0 fully saturated rings. The largest absolute Gasteiger partial charge is 0.486 e. The third-order valence-corrected chi connectivity index (χ3v) is 6.29. The summed E-state index contributed by atoms with van der Waals surface area (Å²) in [5.41, 5.74) is 3.61. The molecule has 5 rings (SSSR count). The minimum Gasteiger partial charge on any atom is -0.486 e. The average Bonchev–Trinajstić information content (AvgIpc) is 3.25. The van der Waals surface area contributed by atoms with Gasteiger partial charge < -0.3 is 19.4 Å². The van der Waals surface area contributed by atoms with Gasteiger partial charge in [0.25, 0.3) is 5.91 Å². The maximum Gasteiger partial charge on any atom is 0.254 e. The highest BCUT2D eigenvalue weighted by molar-refractivity contribution is 7.98. The number of hydrogen-bond acceptors (Lipinski definition) is 5. The topological polar surface area (TPSA) is 67.5 Å². The molecule has 3 aromatic carbocycles. The third kappa shape index (κ3) is 4.29. The fourth-order valence-corrected chi connectivity index (χ4v) is 4.63. The van der Waals surface area contributed by atoms with Crippen molar-refractivity contribution in [2.24, 2.45) is 0 Å². The highest BCUT2D eigenvalue weighted by atomic mass is 32.2. The van der Waals surface area contributed by atoms with Crippen LogP contribution < -0.4 is 9.47 Å². The van der Waals surface area contributed by atoms with E-state index in [1.807, 2.05) is 72.8 Å². The molecular formula is C25H23N3O3S. The number of nitrogens with one attached hydrogen (secondary N) is 1. The second-order valence-corrected chi connectivity index (χ2v) is 8.65. The Labute approximate surface area is 190 Å². The first kappa shape index (κ1) is 20.5. The lowest BCUT2D eigenvalue weighted by Crippen LogP contribution is -2.42. The Kier molecular flexibility index (Phi) is 5.73. The van der Waals surface area contributed by atoms with Crippen molar-refractivity contribution in [3.05, 3.63) is 83.9 Å². The van der Waals surface area contributed by atoms with Gasteiger partial charge in [0.05, 0.1) is 17.6 Å². The molecular weight excluding hydrogens is 422 g/mol. The molecule has 0 saturated heterocycles. The number of nitrogens with zero attached hydrogens (tertiary/aromatic N) is 2. The predicted molar refractivity (Wildman–Crippen MR) is 125 cm³/mol. The first-order valence-electron chi connectivity index (χ1n) is 10.5. The number of carbonyl (C=O) groups is 1. The van der Waals surface area contributed by atoms with Crippen molar-refractivity contribution in [3.8, 4) is 11.5 Å². The molecule has 1 N–H and O–H groups in total. The second-order valence-electron chi connectivity index (χ2n) is 7.69. The Balaban J connectivity index is 1.26. The van der Waals surface area contributed by atoms with E-state index >= 15 is 0 Å². The molecule has 1 aliphatic heterocycles. The van der Waals surface area contributed by atoms with Gasteiger partial charge in [0.2, 0.25) is 0 Å². The van der Waals surface area contributed by atoms with Crippen LogP contribution in [0.4, 0.5) is 0 Å². The lowest BCUT2D eigenvalue weighted by molar-refractivity contribution is 0.0520. The van der Waals surface area contributed by atoms with Crippen LogP contribution in [0.1, 0.15) is 15.9 Å². The second kappa shape index (κ2) is 8.96. The van der Waals surface area contributed by atoms with Crippen molar-refractivity contribution in [2.45, 2.75) is 17.0 Å². The van der Waals surface area contributed by atoms with Crippen LogP contribution in [-0.2, 0) is 5.75 Å². The van der Waals surface area contributed by atoms with E-state index in [0.29, 0.717) is 30.2 Å². The molecule has 0 saturated carbocycles. The minimum atomic E-state index is -0.212. The number of likely N-dealkylation sites (N-methyl/N-ethyl adjacent to an activating group) is 1. The predicted octanol–water partition coefficient (Wildman–Crippen LogP) is 4.77. The van der Waals surface area contributed by atoms with Crippen molar-refractivity contribution in [2.75, 3.05) is 20.2 Å². The number of ether oxygens (including phenoxy) is 2. The van der Waals surface area contributed by atoms with Gasteiger partial charge in [-0.3, -0.25) is 4.79 Å². The Hall–Kier alpha value is -3.45. The Morgan fingerprint density at radius 2 is 1.81 bits per heavy atom. The van der Waals surface area contributed by atoms with E-state index in [4.69, 9.17) is 9.47 Å². The number of benzene rings is 3. The smallest absolute Gasteiger partial charge is 0.254 e. The van der Waals surface area contributed by atoms with Gasteiger partial charge in [-0.2, -0.15) is 0 Å². The summed E-state index contributed by atoms with van der Waals surface area (Å²) >= 11 is 1.59. The van der Waals surface area contributed by atoms with E-state index < -0.39 is 0 Å². The van der Waals surface area contributed by atoms with Crippen molar-refractivity contribution in [3.63, 3.8) is 0 Å². The number of aromatic nitrogens is 2. The number of hydrogen-bond donors (Lipinski definition) is 1. The third-order valence-electron chi connectivity index (χ3n) is 5.37. The summed E-state index contributed by atoms with van der Waals surface area (Å²) in [6, 6.07) is 23.3. The average molecular weight is 446 g/mol. The van der Waals surface area contributed by atoms with Crippen LogP contribution >= 0.6 is 11.8 Å². The molecule has 0 radical (unpaired) electrons. The molecule has 6 nitrogen and oxygen atoms in total. The highest BCUT2D eigenvalue weighted by Crippen LogP contribution is 2.31. The summed E-state index contributed by atoms with van der Waals surface area (Å²) < 4.78 is 11.8. The van der Waals surface area contributed by atoms with Gasteiger partial charge in [0.1, 0.15) is 6.61 Å². The van der Waals surface area contributed by atoms with Crippen molar-refractivity contribution in [1.29, 1.82) is 0 Å². The van der Waals surface area contributed by atoms with Crippen LogP contribution in [0.15, 0.2) is 78.0 Å². The summed E-state index contributed by atoms with van der Waals surface area (Å²) in [6.07, 6.45) is -0.212. The highest BCUT2D eigenvalue weighted by Gasteiger charge is 2.25. The molecule has 0 aliphatic carbocycles. The molecule has 0 spiro atoms. The lowest BCUT2D eigenvalue weighted by Gasteiger charge is -2.30. The fourth-order valence-electron chi connectivity index (χ4n) is 3.75. The molecule has 1 atom stereocenters. The van der Waals surface area contributed by atoms with E-state index in [0.717, 1.165) is 27.5 Å². The molecule has 2 heterocycles. The van der Waals surface area contributed by atoms with Gasteiger partial charge >= 0.3 is 0 Å². The molecule has 1 unspecified atom stereocenters. The van der Waals surface area contributed by atoms with E-state index in [-0.39, 0.29) is 12.0 Å². The molecule has 162 valence electrons. The fraction of sp³-hybridized carbons (Fsp3) is 0.200. The van der Waals surface area contributed by atoms with Crippen LogP contribution in [0, 0.1) is 0 Å². The molecule has 32 heavy (non-hydrogen) atoms. The van der Waals surface area contributed by atoms with E-state index in [9.17, 15) is 4.79 Å². The van der Waals surface area contributed by atoms with Crippen molar-refractivity contribution >= 4 is 28.7 Å². The summed E-state index contributed by atoms with van der Waals surface area (Å²) in [7, 11) is 1.80. The number of thioether (sulfide) groups is 1. The Morgan fingerprint density at radius 3 is 2.69 bits per heavy atom. The van der Waals surface area contributed by atoms with Gasteiger partial charge in [-0.25, -0.2) is 4.98 Å². The summed E-state index contributed by atoms with van der Waals surface area (Å²) in [4.78, 5) is 22.9. The van der Waals surface area contributed by atoms with Gasteiger partial charge in [0, 0.05) is 18.4 Å². The normalized spacial score (nSPS) is 15.0. The molecule has 4 aromatic rings. The van der Waals surface area contributed by atoms with Gasteiger partial charge in [-0.05, 0) is 35.9 Å². The van der Waals surface area contributed by atoms with Gasteiger partial charge in [-0.15, -0.1) is 0 Å². The van der Waals surface area contributed by atoms with Crippen LogP contribution in [0.3, 0.4) is 0 Å². The van der Waals surface area contributed by atoms with Crippen LogP contribution in [0.2, 0.25) is 0 Å². The van der Waals surface area contributed by atoms with E-state index in [2.05, 4.69) is 9.97 Å². The first-order chi connectivity index (χ1) is 15.7. The van der Waals surface area contributed by atoms with Crippen LogP contribution in [0.25, 0.3) is 11.0 Å². The maximum absolute atomic E-state index is 13.2. The SMILES string of the molecule is CN(CC1COc2ccccc2O1)C(=O)c1ccccc1CSc1nc2ccccc2[nH]1. The van der Waals surface area contributed by atoms with E-state index in [1.54, 1.807) is 23.7 Å². The number of para-hydroxylation sites is 4. The summed E-state index contributed by atoms with van der Waals surface area (Å²) in [5.74, 6) is 2.07. The monoisotopic (exact) mass is 445 g/mol. The van der Waals surface area contributed by atoms with E-state index in [1.165, 1.54) is 0 Å². The summed E-state index contributed by atoms with van der Waals surface area (Å²) in [5, 5.41) is 0.841. The molecule has 1 aromatic heterocycles. The zero-order chi connectivity index (χ0) is 21.9. The number of fused-ring (bicyclic) bond motifs is 2. The first-order valence-corrected chi connectivity index (χ1v) is 11.5. The zero-order valence-electron chi connectivity index (χ0n) is 17.7. The lowest BCUT2D eigenvalue weighted by atomic mass is 10.1. The Morgan fingerprint density at radius 1 is 1.06 bits per heavy atom. The number of H-pyrrole nitrogens is 1. The minimum absolute atomic E-state index is 0.0340. The standard InChI is InChI=1S/C25H23N3O3S/c1-28(14-18-15-30-22-12-6-7-13-23(22)31-18)24(29)19-9-3-2-8-17(19)16-32-25-26-20-10-4-5-11-21(20)27-25/h2-13,18H,14-16H2,1H3,(H,26,27). The van der Waals surface area contributed by atoms with Gasteiger partial charge in [0.15, 0.2) is 22.8 Å². The molecule has 1 amide bonds. The maximum atomic E-state index is 13.2. The molecule has 0 bridgehead atoms. The quantitative estimate of drug-likeness (QED) is 0.433. The van der Waals surface area contributed by atoms with Crippen LogP contribution in [0.5, 0.6) is 11.5 Å². The number of aromatic amines is 1. The van der Waals surface area contributed by atoms with Crippen molar-refractivity contribution < 1.29 is 14.3 Å². The Bertz CT molecular complexity index is 1220. The molecule has 1 aliphatic rings. The summed E-state index contributed by atoms with van der Waals surface area (Å²) in [6.45, 7) is 0.858. The molecule has 7 heteroatoms. The number of carbonyl (C=O) groups excluding carboxylic acids is 1. The van der Waals surface area contributed by atoms with Crippen LogP contribution in [-0.4, -0.2) is 47.1 Å². The van der Waals surface area contributed by atoms with Gasteiger partial charge in [-0.1, -0.05) is 54.2 Å². The van der Waals surface area contributed by atoms with Crippen molar-refractivity contribution in [1.82, 2.24) is 14.9 Å². The number of rotatable bonds is 6.